The molecular weight excluding hydrogens is 314 g/mol. The molecule has 2 aromatic rings. The zero-order chi connectivity index (χ0) is 17.0. The Morgan fingerprint density at radius 2 is 1.83 bits per heavy atom. The first-order valence-electron chi connectivity index (χ1n) is 7.10. The third-order valence-corrected chi connectivity index (χ3v) is 4.25. The maximum Gasteiger partial charge on any atom is 0.321 e. The second-order valence-electron chi connectivity index (χ2n) is 5.03. The standard InChI is InChI=1S/C15H19N5O2S/c1-9-5-7-12(8-6-9)20-11(3)18-19-15(20)23-10(2)13(21)17-14(22)16-4/h5-8,10H,1-4H3,(H2,16,17,21,22). The number of carbonyl (C=O) groups excluding carboxylic acids is 2. The lowest BCUT2D eigenvalue weighted by Gasteiger charge is -2.12. The number of benzene rings is 1. The van der Waals surface area contributed by atoms with E-state index in [9.17, 15) is 9.59 Å². The Bertz CT molecular complexity index is 711. The minimum Gasteiger partial charge on any atom is -0.341 e. The van der Waals surface area contributed by atoms with E-state index in [-0.39, 0.29) is 5.91 Å². The molecule has 23 heavy (non-hydrogen) atoms. The number of amides is 3. The number of aromatic nitrogens is 3. The van der Waals surface area contributed by atoms with Crippen molar-refractivity contribution in [2.24, 2.45) is 0 Å². The van der Waals surface area contributed by atoms with E-state index in [4.69, 9.17) is 0 Å². The van der Waals surface area contributed by atoms with Gasteiger partial charge in [0, 0.05) is 12.7 Å². The molecule has 1 atom stereocenters. The van der Waals surface area contributed by atoms with Crippen LogP contribution >= 0.6 is 11.8 Å². The van der Waals surface area contributed by atoms with Gasteiger partial charge in [0.25, 0.3) is 0 Å². The molecular formula is C15H19N5O2S. The summed E-state index contributed by atoms with van der Waals surface area (Å²) in [5, 5.41) is 12.9. The summed E-state index contributed by atoms with van der Waals surface area (Å²) in [4.78, 5) is 23.2. The van der Waals surface area contributed by atoms with E-state index in [0.29, 0.717) is 5.16 Å². The first-order valence-corrected chi connectivity index (χ1v) is 7.98. The molecule has 8 heteroatoms. The molecule has 0 radical (unpaired) electrons. The van der Waals surface area contributed by atoms with Gasteiger partial charge in [-0.25, -0.2) is 4.79 Å². The molecule has 0 aliphatic carbocycles. The Morgan fingerprint density at radius 1 is 1.17 bits per heavy atom. The fourth-order valence-corrected chi connectivity index (χ4v) is 2.81. The monoisotopic (exact) mass is 333 g/mol. The largest absolute Gasteiger partial charge is 0.341 e. The van der Waals surface area contributed by atoms with E-state index in [0.717, 1.165) is 17.1 Å². The van der Waals surface area contributed by atoms with Crippen LogP contribution in [0, 0.1) is 13.8 Å². The van der Waals surface area contributed by atoms with Crippen LogP contribution in [0.25, 0.3) is 5.69 Å². The summed E-state index contributed by atoms with van der Waals surface area (Å²) < 4.78 is 1.88. The number of hydrogen-bond acceptors (Lipinski definition) is 5. The van der Waals surface area contributed by atoms with Gasteiger partial charge in [0.05, 0.1) is 5.25 Å². The highest BCUT2D eigenvalue weighted by Gasteiger charge is 2.21. The van der Waals surface area contributed by atoms with Crippen LogP contribution in [0.1, 0.15) is 18.3 Å². The number of carbonyl (C=O) groups is 2. The van der Waals surface area contributed by atoms with Crippen LogP contribution in [0.15, 0.2) is 29.4 Å². The van der Waals surface area contributed by atoms with Crippen molar-refractivity contribution in [1.29, 1.82) is 0 Å². The van der Waals surface area contributed by atoms with Crippen molar-refractivity contribution in [1.82, 2.24) is 25.4 Å². The molecule has 0 fully saturated rings. The second-order valence-corrected chi connectivity index (χ2v) is 6.34. The van der Waals surface area contributed by atoms with Gasteiger partial charge < -0.3 is 5.32 Å². The summed E-state index contributed by atoms with van der Waals surface area (Å²) in [5.74, 6) is 0.348. The van der Waals surface area contributed by atoms with Gasteiger partial charge in [-0.05, 0) is 32.9 Å². The number of imide groups is 1. The average molecular weight is 333 g/mol. The van der Waals surface area contributed by atoms with Crippen LogP contribution in [-0.2, 0) is 4.79 Å². The summed E-state index contributed by atoms with van der Waals surface area (Å²) in [6.07, 6.45) is 0. The average Bonchev–Trinajstić information content (AvgIpc) is 2.88. The van der Waals surface area contributed by atoms with E-state index in [1.54, 1.807) is 6.92 Å². The van der Waals surface area contributed by atoms with Crippen LogP contribution in [0.4, 0.5) is 4.79 Å². The maximum absolute atomic E-state index is 12.0. The maximum atomic E-state index is 12.0. The first kappa shape index (κ1) is 17.0. The summed E-state index contributed by atoms with van der Waals surface area (Å²) in [5.41, 5.74) is 2.09. The molecule has 122 valence electrons. The van der Waals surface area contributed by atoms with E-state index in [1.165, 1.54) is 18.8 Å². The van der Waals surface area contributed by atoms with E-state index in [2.05, 4.69) is 20.8 Å². The van der Waals surface area contributed by atoms with Gasteiger partial charge in [0.15, 0.2) is 5.16 Å². The number of hydrogen-bond donors (Lipinski definition) is 2. The first-order chi connectivity index (χ1) is 10.9. The Kier molecular flexibility index (Phi) is 5.38. The quantitative estimate of drug-likeness (QED) is 0.833. The highest BCUT2D eigenvalue weighted by molar-refractivity contribution is 8.00. The molecule has 1 aromatic carbocycles. The molecule has 1 aromatic heterocycles. The van der Waals surface area contributed by atoms with Crippen LogP contribution in [0.5, 0.6) is 0 Å². The van der Waals surface area contributed by atoms with Crippen LogP contribution in [0.3, 0.4) is 0 Å². The molecule has 7 nitrogen and oxygen atoms in total. The minimum absolute atomic E-state index is 0.384. The number of urea groups is 1. The van der Waals surface area contributed by atoms with Gasteiger partial charge in [-0.2, -0.15) is 0 Å². The van der Waals surface area contributed by atoms with E-state index >= 15 is 0 Å². The third kappa shape index (κ3) is 4.10. The molecule has 0 aliphatic heterocycles. The summed E-state index contributed by atoms with van der Waals surface area (Å²) in [6.45, 7) is 5.59. The molecule has 2 N–H and O–H groups in total. The van der Waals surface area contributed by atoms with Crippen molar-refractivity contribution in [3.63, 3.8) is 0 Å². The Balaban J connectivity index is 2.20. The fourth-order valence-electron chi connectivity index (χ4n) is 1.90. The number of nitrogens with one attached hydrogen (secondary N) is 2. The minimum atomic E-state index is -0.529. The van der Waals surface area contributed by atoms with Crippen LogP contribution in [-0.4, -0.2) is 39.0 Å². The number of rotatable bonds is 4. The highest BCUT2D eigenvalue weighted by atomic mass is 32.2. The highest BCUT2D eigenvalue weighted by Crippen LogP contribution is 2.25. The number of nitrogens with zero attached hydrogens (tertiary/aromatic N) is 3. The Labute approximate surface area is 138 Å². The molecule has 1 heterocycles. The van der Waals surface area contributed by atoms with Crippen LogP contribution < -0.4 is 10.6 Å². The van der Waals surface area contributed by atoms with Crippen molar-refractivity contribution < 1.29 is 9.59 Å². The number of thioether (sulfide) groups is 1. The van der Waals surface area contributed by atoms with Crippen LogP contribution in [0.2, 0.25) is 0 Å². The molecule has 3 amide bonds. The Morgan fingerprint density at radius 3 is 2.43 bits per heavy atom. The van der Waals surface area contributed by atoms with Crippen molar-refractivity contribution >= 4 is 23.7 Å². The van der Waals surface area contributed by atoms with Crippen molar-refractivity contribution in [2.45, 2.75) is 31.2 Å². The molecule has 0 spiro atoms. The molecule has 0 aliphatic rings. The van der Waals surface area contributed by atoms with E-state index in [1.807, 2.05) is 42.7 Å². The molecule has 0 saturated heterocycles. The van der Waals surface area contributed by atoms with Crippen molar-refractivity contribution in [3.8, 4) is 5.69 Å². The molecule has 0 saturated carbocycles. The van der Waals surface area contributed by atoms with Gasteiger partial charge in [0.2, 0.25) is 5.91 Å². The van der Waals surface area contributed by atoms with Gasteiger partial charge in [-0.15, -0.1) is 10.2 Å². The van der Waals surface area contributed by atoms with Gasteiger partial charge >= 0.3 is 6.03 Å². The zero-order valence-electron chi connectivity index (χ0n) is 13.5. The molecule has 2 rings (SSSR count). The zero-order valence-corrected chi connectivity index (χ0v) is 14.3. The van der Waals surface area contributed by atoms with Gasteiger partial charge in [-0.3, -0.25) is 14.7 Å². The SMILES string of the molecule is CNC(=O)NC(=O)C(C)Sc1nnc(C)n1-c1ccc(C)cc1. The summed E-state index contributed by atoms with van der Waals surface area (Å²) >= 11 is 1.25. The molecule has 1 unspecified atom stereocenters. The number of aryl methyl sites for hydroxylation is 2. The lowest BCUT2D eigenvalue weighted by Crippen LogP contribution is -2.41. The lowest BCUT2D eigenvalue weighted by molar-refractivity contribution is -0.119. The third-order valence-electron chi connectivity index (χ3n) is 3.20. The van der Waals surface area contributed by atoms with Gasteiger partial charge in [0.1, 0.15) is 5.82 Å². The topological polar surface area (TPSA) is 88.9 Å². The lowest BCUT2D eigenvalue weighted by atomic mass is 10.2. The van der Waals surface area contributed by atoms with Crippen molar-refractivity contribution in [3.05, 3.63) is 35.7 Å². The molecule has 0 bridgehead atoms. The van der Waals surface area contributed by atoms with Crippen molar-refractivity contribution in [2.75, 3.05) is 7.05 Å². The predicted molar refractivity (Wildman–Crippen MR) is 88.8 cm³/mol. The normalized spacial score (nSPS) is 11.8. The Hall–Kier alpha value is -2.35. The smallest absolute Gasteiger partial charge is 0.321 e. The second kappa shape index (κ2) is 7.28. The fraction of sp³-hybridized carbons (Fsp3) is 0.333. The predicted octanol–water partition coefficient (Wildman–Crippen LogP) is 1.82. The summed E-state index contributed by atoms with van der Waals surface area (Å²) in [7, 11) is 1.46. The summed E-state index contributed by atoms with van der Waals surface area (Å²) in [6, 6.07) is 7.44. The van der Waals surface area contributed by atoms with Gasteiger partial charge in [-0.1, -0.05) is 29.5 Å². The van der Waals surface area contributed by atoms with E-state index < -0.39 is 11.3 Å².